The molecule has 2 aliphatic heterocycles. The van der Waals surface area contributed by atoms with Gasteiger partial charge in [-0.25, -0.2) is 8.57 Å². The van der Waals surface area contributed by atoms with Crippen molar-refractivity contribution in [2.24, 2.45) is 10.3 Å². The molecule has 2 heterocycles. The van der Waals surface area contributed by atoms with Crippen molar-refractivity contribution in [2.45, 2.75) is 44.8 Å². The first-order valence-electron chi connectivity index (χ1n) is 8.73. The zero-order valence-corrected chi connectivity index (χ0v) is 15.0. The van der Waals surface area contributed by atoms with Gasteiger partial charge in [0.25, 0.3) is 0 Å². The van der Waals surface area contributed by atoms with Gasteiger partial charge >= 0.3 is 0 Å². The highest BCUT2D eigenvalue weighted by molar-refractivity contribution is 7.93. The van der Waals surface area contributed by atoms with E-state index in [1.54, 1.807) is 0 Å². The van der Waals surface area contributed by atoms with Crippen LogP contribution in [0.5, 0.6) is 0 Å². The molecule has 0 N–H and O–H groups in total. The molecule has 2 atom stereocenters. The third-order valence-electron chi connectivity index (χ3n) is 5.11. The van der Waals surface area contributed by atoms with Gasteiger partial charge in [0, 0.05) is 47.5 Å². The minimum absolute atomic E-state index is 0.0352. The quantitative estimate of drug-likeness (QED) is 0.771. The summed E-state index contributed by atoms with van der Waals surface area (Å²) in [6, 6.07) is 0. The monoisotopic (exact) mass is 344 g/mol. The van der Waals surface area contributed by atoms with Crippen molar-refractivity contribution in [2.75, 3.05) is 44.4 Å². The summed E-state index contributed by atoms with van der Waals surface area (Å²) in [4.78, 5) is 14.6. The Bertz CT molecular complexity index is 556. The highest BCUT2D eigenvalue weighted by Crippen LogP contribution is 2.38. The molecule has 132 valence electrons. The van der Waals surface area contributed by atoms with Crippen LogP contribution in [0.1, 0.15) is 33.1 Å². The third-order valence-corrected chi connectivity index (χ3v) is 7.52. The first-order chi connectivity index (χ1) is 11.0. The van der Waals surface area contributed by atoms with Crippen molar-refractivity contribution < 1.29 is 18.5 Å². The molecule has 0 aromatic heterocycles. The molecule has 1 saturated carbocycles. The van der Waals surface area contributed by atoms with Crippen molar-refractivity contribution in [1.29, 1.82) is 0 Å². The standard InChI is InChI=1S/C16H28N2O4S/c1-3-17-23(20)9-5-16(6-10-23)12-18(7-8-22-16)15(19)13-11-14(13)21-4-2/h13-14H,3-12H2,1-2H3. The summed E-state index contributed by atoms with van der Waals surface area (Å²) >= 11 is 0. The molecule has 0 radical (unpaired) electrons. The van der Waals surface area contributed by atoms with E-state index in [9.17, 15) is 9.00 Å². The van der Waals surface area contributed by atoms with Gasteiger partial charge in [-0.15, -0.1) is 0 Å². The zero-order chi connectivity index (χ0) is 16.5. The largest absolute Gasteiger partial charge is 0.378 e. The Labute approximate surface area is 139 Å². The van der Waals surface area contributed by atoms with E-state index < -0.39 is 9.73 Å². The maximum Gasteiger partial charge on any atom is 0.228 e. The molecule has 23 heavy (non-hydrogen) atoms. The average molecular weight is 344 g/mol. The van der Waals surface area contributed by atoms with E-state index in [-0.39, 0.29) is 23.5 Å². The second-order valence-electron chi connectivity index (χ2n) is 6.75. The second-order valence-corrected chi connectivity index (χ2v) is 9.37. The molecule has 7 heteroatoms. The topological polar surface area (TPSA) is 68.2 Å². The van der Waals surface area contributed by atoms with E-state index in [1.165, 1.54) is 0 Å². The number of carbonyl (C=O) groups is 1. The highest BCUT2D eigenvalue weighted by atomic mass is 32.2. The number of amides is 1. The smallest absolute Gasteiger partial charge is 0.228 e. The van der Waals surface area contributed by atoms with Gasteiger partial charge in [0.05, 0.1) is 24.2 Å². The van der Waals surface area contributed by atoms with Crippen molar-refractivity contribution in [3.8, 4) is 0 Å². The summed E-state index contributed by atoms with van der Waals surface area (Å²) in [6.45, 7) is 7.02. The highest BCUT2D eigenvalue weighted by Gasteiger charge is 2.49. The van der Waals surface area contributed by atoms with Gasteiger partial charge in [-0.3, -0.25) is 4.79 Å². The van der Waals surface area contributed by atoms with E-state index in [4.69, 9.17) is 9.47 Å². The second kappa shape index (κ2) is 6.69. The zero-order valence-electron chi connectivity index (χ0n) is 14.2. The van der Waals surface area contributed by atoms with E-state index in [2.05, 4.69) is 4.36 Å². The Morgan fingerprint density at radius 1 is 1.39 bits per heavy atom. The van der Waals surface area contributed by atoms with Gasteiger partial charge in [0.15, 0.2) is 0 Å². The average Bonchev–Trinajstić information content (AvgIpc) is 3.30. The molecule has 6 nitrogen and oxygen atoms in total. The number of hydrogen-bond acceptors (Lipinski definition) is 5. The number of rotatable bonds is 4. The molecule has 3 rings (SSSR count). The van der Waals surface area contributed by atoms with Gasteiger partial charge in [0.2, 0.25) is 5.91 Å². The Morgan fingerprint density at radius 3 is 2.78 bits per heavy atom. The van der Waals surface area contributed by atoms with Crippen molar-refractivity contribution >= 4 is 15.6 Å². The van der Waals surface area contributed by atoms with Crippen molar-refractivity contribution in [1.82, 2.24) is 4.90 Å². The third kappa shape index (κ3) is 3.72. The Kier molecular flexibility index (Phi) is 4.99. The minimum Gasteiger partial charge on any atom is -0.378 e. The van der Waals surface area contributed by atoms with Gasteiger partial charge < -0.3 is 14.4 Å². The maximum atomic E-state index is 12.6. The van der Waals surface area contributed by atoms with Crippen LogP contribution >= 0.6 is 0 Å². The maximum absolute atomic E-state index is 12.6. The van der Waals surface area contributed by atoms with Crippen molar-refractivity contribution in [3.05, 3.63) is 0 Å². The summed E-state index contributed by atoms with van der Waals surface area (Å²) in [7, 11) is -2.05. The fraction of sp³-hybridized carbons (Fsp3) is 0.938. The molecule has 1 spiro atoms. The van der Waals surface area contributed by atoms with E-state index in [1.807, 2.05) is 18.7 Å². The lowest BCUT2D eigenvalue weighted by Gasteiger charge is -2.45. The van der Waals surface area contributed by atoms with Gasteiger partial charge in [-0.05, 0) is 33.1 Å². The SMILES string of the molecule is CCN=S1(=O)CCC2(CC1)CN(C(=O)C1CC1OCC)CCO2. The first kappa shape index (κ1) is 17.2. The van der Waals surface area contributed by atoms with Crippen LogP contribution in [0.2, 0.25) is 0 Å². The molecule has 0 aromatic rings. The Morgan fingerprint density at radius 2 is 2.13 bits per heavy atom. The number of carbonyl (C=O) groups excluding carboxylic acids is 1. The van der Waals surface area contributed by atoms with Crippen LogP contribution in [0.4, 0.5) is 0 Å². The molecular formula is C16H28N2O4S. The molecule has 2 saturated heterocycles. The number of morpholine rings is 1. The van der Waals surface area contributed by atoms with Crippen LogP contribution in [0, 0.1) is 5.92 Å². The lowest BCUT2D eigenvalue weighted by Crippen LogP contribution is -2.57. The van der Waals surface area contributed by atoms with Crippen molar-refractivity contribution in [3.63, 3.8) is 0 Å². The molecule has 3 aliphatic rings. The normalized spacial score (nSPS) is 40.2. The predicted octanol–water partition coefficient (Wildman–Crippen LogP) is 1.29. The predicted molar refractivity (Wildman–Crippen MR) is 88.9 cm³/mol. The molecule has 0 aromatic carbocycles. The van der Waals surface area contributed by atoms with Crippen LogP contribution in [-0.4, -0.2) is 71.1 Å². The first-order valence-corrected chi connectivity index (χ1v) is 10.6. The summed E-state index contributed by atoms with van der Waals surface area (Å²) in [5.41, 5.74) is -0.311. The Balaban J connectivity index is 1.60. The summed E-state index contributed by atoms with van der Waals surface area (Å²) in [5, 5.41) is 0. The lowest BCUT2D eigenvalue weighted by atomic mass is 9.94. The number of nitrogens with zero attached hydrogens (tertiary/aromatic N) is 2. The number of ether oxygens (including phenoxy) is 2. The molecule has 2 unspecified atom stereocenters. The van der Waals surface area contributed by atoms with E-state index in [0.29, 0.717) is 44.4 Å². The Hall–Kier alpha value is -0.660. The van der Waals surface area contributed by atoms with Gasteiger partial charge in [0.1, 0.15) is 0 Å². The van der Waals surface area contributed by atoms with E-state index in [0.717, 1.165) is 19.3 Å². The molecule has 0 bridgehead atoms. The van der Waals surface area contributed by atoms with Crippen LogP contribution in [-0.2, 0) is 24.0 Å². The molecule has 1 amide bonds. The molecular weight excluding hydrogens is 316 g/mol. The van der Waals surface area contributed by atoms with Crippen LogP contribution < -0.4 is 0 Å². The minimum atomic E-state index is -2.05. The summed E-state index contributed by atoms with van der Waals surface area (Å²) in [6.07, 6.45) is 2.43. The van der Waals surface area contributed by atoms with Crippen LogP contribution in [0.25, 0.3) is 0 Å². The van der Waals surface area contributed by atoms with Crippen LogP contribution in [0.15, 0.2) is 4.36 Å². The molecule has 1 aliphatic carbocycles. The fourth-order valence-electron chi connectivity index (χ4n) is 3.68. The fourth-order valence-corrected chi connectivity index (χ4v) is 6.00. The lowest BCUT2D eigenvalue weighted by molar-refractivity contribution is -0.154. The van der Waals surface area contributed by atoms with Gasteiger partial charge in [-0.1, -0.05) is 0 Å². The molecule has 3 fully saturated rings. The van der Waals surface area contributed by atoms with E-state index >= 15 is 0 Å². The summed E-state index contributed by atoms with van der Waals surface area (Å²) < 4.78 is 28.4. The van der Waals surface area contributed by atoms with Crippen LogP contribution in [0.3, 0.4) is 0 Å². The summed E-state index contributed by atoms with van der Waals surface area (Å²) in [5.74, 6) is 1.42. The van der Waals surface area contributed by atoms with Gasteiger partial charge in [-0.2, -0.15) is 0 Å². The number of hydrogen-bond donors (Lipinski definition) is 0.